The van der Waals surface area contributed by atoms with Crippen molar-refractivity contribution in [2.24, 2.45) is 0 Å². The number of nitrogens with zero attached hydrogens (tertiary/aromatic N) is 2. The lowest BCUT2D eigenvalue weighted by molar-refractivity contribution is -0.144. The summed E-state index contributed by atoms with van der Waals surface area (Å²) in [6, 6.07) is 15.2. The number of benzene rings is 2. The van der Waals surface area contributed by atoms with Gasteiger partial charge in [0, 0.05) is 30.2 Å². The monoisotopic (exact) mass is 416 g/mol. The molecule has 0 saturated heterocycles. The van der Waals surface area contributed by atoms with Crippen LogP contribution in [0.2, 0.25) is 0 Å². The molecule has 0 spiro atoms. The Kier molecular flexibility index (Phi) is 7.44. The lowest BCUT2D eigenvalue weighted by Gasteiger charge is -2.10. The topological polar surface area (TPSA) is 113 Å². The number of aromatic nitrogens is 2. The summed E-state index contributed by atoms with van der Waals surface area (Å²) in [5.74, 6) is 7.01. The van der Waals surface area contributed by atoms with Crippen molar-refractivity contribution in [2.75, 3.05) is 18.6 Å². The van der Waals surface area contributed by atoms with E-state index in [2.05, 4.69) is 21.8 Å². The van der Waals surface area contributed by atoms with E-state index in [4.69, 9.17) is 20.9 Å². The average Bonchev–Trinajstić information content (AvgIpc) is 2.78. The zero-order chi connectivity index (χ0) is 22.1. The van der Waals surface area contributed by atoms with Crippen molar-refractivity contribution in [3.05, 3.63) is 77.0 Å². The minimum atomic E-state index is -0.271. The SMILES string of the molecule is COc1ccc(C#CCCC(=O)OCc2ccccc2)cc1Cc1cnc(N)nc1N. The average molecular weight is 416 g/mol. The number of anilines is 2. The van der Waals surface area contributed by atoms with Crippen LogP contribution in [-0.2, 0) is 22.6 Å². The van der Waals surface area contributed by atoms with Crippen LogP contribution < -0.4 is 16.2 Å². The molecule has 0 aliphatic carbocycles. The fourth-order valence-electron chi connectivity index (χ4n) is 2.91. The zero-order valence-electron chi connectivity index (χ0n) is 17.3. The van der Waals surface area contributed by atoms with Crippen LogP contribution in [0.4, 0.5) is 11.8 Å². The third-order valence-electron chi connectivity index (χ3n) is 4.51. The number of hydrogen-bond donors (Lipinski definition) is 2. The largest absolute Gasteiger partial charge is 0.496 e. The molecule has 3 rings (SSSR count). The van der Waals surface area contributed by atoms with Gasteiger partial charge in [0.25, 0.3) is 0 Å². The van der Waals surface area contributed by atoms with E-state index in [1.54, 1.807) is 13.3 Å². The first-order chi connectivity index (χ1) is 15.0. The molecule has 0 atom stereocenters. The summed E-state index contributed by atoms with van der Waals surface area (Å²) < 4.78 is 10.7. The van der Waals surface area contributed by atoms with Gasteiger partial charge in [0.15, 0.2) is 0 Å². The van der Waals surface area contributed by atoms with Gasteiger partial charge in [0.05, 0.1) is 13.5 Å². The molecule has 7 heteroatoms. The van der Waals surface area contributed by atoms with E-state index in [0.29, 0.717) is 24.4 Å². The Morgan fingerprint density at radius 1 is 1.10 bits per heavy atom. The zero-order valence-corrected chi connectivity index (χ0v) is 17.3. The maximum Gasteiger partial charge on any atom is 0.307 e. The second-order valence-electron chi connectivity index (χ2n) is 6.79. The summed E-state index contributed by atoms with van der Waals surface area (Å²) in [4.78, 5) is 19.9. The third kappa shape index (κ3) is 6.47. The number of rotatable bonds is 7. The second kappa shape index (κ2) is 10.6. The van der Waals surface area contributed by atoms with Gasteiger partial charge in [-0.15, -0.1) is 0 Å². The lowest BCUT2D eigenvalue weighted by atomic mass is 10.0. The minimum absolute atomic E-state index is 0.134. The molecule has 0 bridgehead atoms. The molecule has 1 heterocycles. The van der Waals surface area contributed by atoms with Crippen LogP contribution in [0.15, 0.2) is 54.7 Å². The van der Waals surface area contributed by atoms with Crippen LogP contribution in [0.3, 0.4) is 0 Å². The Hall–Kier alpha value is -4.05. The van der Waals surface area contributed by atoms with Gasteiger partial charge in [-0.2, -0.15) is 4.98 Å². The predicted octanol–water partition coefficient (Wildman–Crippen LogP) is 3.12. The predicted molar refractivity (Wildman–Crippen MR) is 119 cm³/mol. The summed E-state index contributed by atoms with van der Waals surface area (Å²) in [5.41, 5.74) is 14.9. The minimum Gasteiger partial charge on any atom is -0.496 e. The summed E-state index contributed by atoms with van der Waals surface area (Å²) in [7, 11) is 1.61. The van der Waals surface area contributed by atoms with Crippen molar-refractivity contribution in [1.29, 1.82) is 0 Å². The molecule has 0 saturated carbocycles. The second-order valence-corrected chi connectivity index (χ2v) is 6.79. The molecule has 0 fully saturated rings. The molecule has 0 aliphatic heterocycles. The van der Waals surface area contributed by atoms with E-state index >= 15 is 0 Å². The molecule has 1 aromatic heterocycles. The van der Waals surface area contributed by atoms with Crippen molar-refractivity contribution in [3.63, 3.8) is 0 Å². The lowest BCUT2D eigenvalue weighted by Crippen LogP contribution is -2.05. The highest BCUT2D eigenvalue weighted by Crippen LogP contribution is 2.24. The highest BCUT2D eigenvalue weighted by Gasteiger charge is 2.09. The number of nitrogen functional groups attached to an aromatic ring is 2. The van der Waals surface area contributed by atoms with Gasteiger partial charge in [-0.1, -0.05) is 42.2 Å². The van der Waals surface area contributed by atoms with Gasteiger partial charge < -0.3 is 20.9 Å². The fraction of sp³-hybridized carbons (Fsp3) is 0.208. The van der Waals surface area contributed by atoms with Crippen LogP contribution in [0, 0.1) is 11.8 Å². The fourth-order valence-corrected chi connectivity index (χ4v) is 2.91. The van der Waals surface area contributed by atoms with Gasteiger partial charge in [-0.05, 0) is 29.3 Å². The van der Waals surface area contributed by atoms with E-state index in [-0.39, 0.29) is 24.9 Å². The van der Waals surface area contributed by atoms with Gasteiger partial charge in [-0.25, -0.2) is 4.98 Å². The molecule has 0 radical (unpaired) electrons. The first-order valence-electron chi connectivity index (χ1n) is 9.77. The maximum atomic E-state index is 11.9. The summed E-state index contributed by atoms with van der Waals surface area (Å²) >= 11 is 0. The van der Waals surface area contributed by atoms with E-state index in [9.17, 15) is 4.79 Å². The molecule has 0 aliphatic rings. The van der Waals surface area contributed by atoms with Gasteiger partial charge in [0.2, 0.25) is 5.95 Å². The standard InChI is InChI=1S/C24H24N4O3/c1-30-21-12-11-17(13-19(21)14-20-15-27-24(26)28-23(20)25)7-5-6-10-22(29)31-16-18-8-3-2-4-9-18/h2-4,8-9,11-13,15H,6,10,14,16H2,1H3,(H4,25,26,27,28). The van der Waals surface area contributed by atoms with Crippen molar-refractivity contribution in [2.45, 2.75) is 25.9 Å². The number of carbonyl (C=O) groups is 1. The number of hydrogen-bond acceptors (Lipinski definition) is 7. The number of esters is 1. The molecule has 31 heavy (non-hydrogen) atoms. The molecule has 2 aromatic carbocycles. The molecule has 7 nitrogen and oxygen atoms in total. The van der Waals surface area contributed by atoms with Crippen LogP contribution >= 0.6 is 0 Å². The summed E-state index contributed by atoms with van der Waals surface area (Å²) in [6.07, 6.45) is 2.74. The van der Waals surface area contributed by atoms with Gasteiger partial charge in [-0.3, -0.25) is 4.79 Å². The first-order valence-corrected chi connectivity index (χ1v) is 9.77. The maximum absolute atomic E-state index is 11.9. The van der Waals surface area contributed by atoms with Crippen molar-refractivity contribution < 1.29 is 14.3 Å². The van der Waals surface area contributed by atoms with E-state index in [1.165, 1.54) is 0 Å². The third-order valence-corrected chi connectivity index (χ3v) is 4.51. The molecule has 0 amide bonds. The molecule has 3 aromatic rings. The van der Waals surface area contributed by atoms with Crippen molar-refractivity contribution >= 4 is 17.7 Å². The van der Waals surface area contributed by atoms with Crippen molar-refractivity contribution in [3.8, 4) is 17.6 Å². The molecule has 0 unspecified atom stereocenters. The van der Waals surface area contributed by atoms with Gasteiger partial charge in [0.1, 0.15) is 18.2 Å². The number of ether oxygens (including phenoxy) is 2. The highest BCUT2D eigenvalue weighted by molar-refractivity contribution is 5.69. The van der Waals surface area contributed by atoms with Crippen LogP contribution in [0.5, 0.6) is 5.75 Å². The summed E-state index contributed by atoms with van der Waals surface area (Å²) in [5, 5.41) is 0. The van der Waals surface area contributed by atoms with E-state index in [0.717, 1.165) is 22.3 Å². The Balaban J connectivity index is 1.59. The summed E-state index contributed by atoms with van der Waals surface area (Å²) in [6.45, 7) is 0.271. The molecular weight excluding hydrogens is 392 g/mol. The van der Waals surface area contributed by atoms with E-state index < -0.39 is 0 Å². The quantitative estimate of drug-likeness (QED) is 0.449. The normalized spacial score (nSPS) is 10.1. The molecular formula is C24H24N4O3. The van der Waals surface area contributed by atoms with Crippen LogP contribution in [-0.4, -0.2) is 23.0 Å². The van der Waals surface area contributed by atoms with Gasteiger partial charge >= 0.3 is 5.97 Å². The number of nitrogens with two attached hydrogens (primary N) is 2. The number of carbonyl (C=O) groups excluding carboxylic acids is 1. The van der Waals surface area contributed by atoms with Crippen molar-refractivity contribution in [1.82, 2.24) is 9.97 Å². The Labute approximate surface area is 181 Å². The first kappa shape index (κ1) is 21.7. The van der Waals surface area contributed by atoms with E-state index in [1.807, 2.05) is 48.5 Å². The molecule has 158 valence electrons. The molecule has 4 N–H and O–H groups in total. The van der Waals surface area contributed by atoms with Crippen LogP contribution in [0.1, 0.15) is 35.1 Å². The smallest absolute Gasteiger partial charge is 0.307 e. The van der Waals surface area contributed by atoms with Crippen LogP contribution in [0.25, 0.3) is 0 Å². The Morgan fingerprint density at radius 2 is 1.90 bits per heavy atom. The highest BCUT2D eigenvalue weighted by atomic mass is 16.5. The Bertz CT molecular complexity index is 1100. The number of methoxy groups -OCH3 is 1. The Morgan fingerprint density at radius 3 is 2.65 bits per heavy atom.